The standard InChI is InChI=1S/C21H27NO4/c1-22-9-8-14-11-20(25-4)21(26-5)13-16(14)10-17(22)15-6-7-18(23-2)19(12-15)24-3/h6-7,11-13,17H,8-10H2,1-5H3/t17-/m0/s1. The molecule has 1 aliphatic rings. The summed E-state index contributed by atoms with van der Waals surface area (Å²) in [5, 5.41) is 0. The van der Waals surface area contributed by atoms with Crippen molar-refractivity contribution in [3.05, 3.63) is 47.0 Å². The second kappa shape index (κ2) is 7.87. The smallest absolute Gasteiger partial charge is 0.161 e. The van der Waals surface area contributed by atoms with Crippen molar-refractivity contribution in [3.8, 4) is 23.0 Å². The van der Waals surface area contributed by atoms with Gasteiger partial charge in [0.2, 0.25) is 0 Å². The molecule has 140 valence electrons. The fourth-order valence-electron chi connectivity index (χ4n) is 3.64. The molecule has 0 amide bonds. The molecule has 0 unspecified atom stereocenters. The second-order valence-electron chi connectivity index (χ2n) is 6.54. The molecule has 5 heteroatoms. The number of hydrogen-bond donors (Lipinski definition) is 0. The third-order valence-electron chi connectivity index (χ3n) is 5.18. The second-order valence-corrected chi connectivity index (χ2v) is 6.54. The first-order chi connectivity index (χ1) is 12.6. The first-order valence-electron chi connectivity index (χ1n) is 8.77. The molecule has 1 atom stereocenters. The van der Waals surface area contributed by atoms with Crippen LogP contribution in [0.15, 0.2) is 30.3 Å². The fraction of sp³-hybridized carbons (Fsp3) is 0.429. The molecule has 0 aromatic heterocycles. The Morgan fingerprint density at radius 3 is 1.96 bits per heavy atom. The molecule has 0 saturated carbocycles. The van der Waals surface area contributed by atoms with E-state index in [1.165, 1.54) is 16.7 Å². The molecular formula is C21H27NO4. The first-order valence-corrected chi connectivity index (χ1v) is 8.77. The van der Waals surface area contributed by atoms with Crippen LogP contribution in [0.2, 0.25) is 0 Å². The molecule has 26 heavy (non-hydrogen) atoms. The minimum Gasteiger partial charge on any atom is -0.493 e. The number of rotatable bonds is 5. The van der Waals surface area contributed by atoms with Gasteiger partial charge in [-0.3, -0.25) is 4.90 Å². The molecule has 0 spiro atoms. The Balaban J connectivity index is 1.99. The minimum absolute atomic E-state index is 0.258. The average Bonchev–Trinajstić information content (AvgIpc) is 2.84. The predicted molar refractivity (Wildman–Crippen MR) is 102 cm³/mol. The number of ether oxygens (including phenoxy) is 4. The van der Waals surface area contributed by atoms with Gasteiger partial charge in [0, 0.05) is 12.6 Å². The molecular weight excluding hydrogens is 330 g/mol. The van der Waals surface area contributed by atoms with Crippen LogP contribution in [0.25, 0.3) is 0 Å². The Morgan fingerprint density at radius 2 is 1.35 bits per heavy atom. The van der Waals surface area contributed by atoms with Crippen molar-refractivity contribution in [2.24, 2.45) is 0 Å². The zero-order valence-electron chi connectivity index (χ0n) is 16.2. The lowest BCUT2D eigenvalue weighted by atomic mass is 9.95. The number of fused-ring (bicyclic) bond motifs is 1. The van der Waals surface area contributed by atoms with Crippen LogP contribution in [0.3, 0.4) is 0 Å². The minimum atomic E-state index is 0.258. The highest BCUT2D eigenvalue weighted by molar-refractivity contribution is 5.49. The number of methoxy groups -OCH3 is 4. The number of benzene rings is 2. The Bertz CT molecular complexity index is 775. The summed E-state index contributed by atoms with van der Waals surface area (Å²) in [7, 11) is 8.86. The summed E-state index contributed by atoms with van der Waals surface area (Å²) in [4.78, 5) is 2.39. The van der Waals surface area contributed by atoms with Crippen LogP contribution < -0.4 is 18.9 Å². The maximum absolute atomic E-state index is 5.50. The van der Waals surface area contributed by atoms with Crippen molar-refractivity contribution in [2.75, 3.05) is 42.0 Å². The Labute approximate surface area is 155 Å². The van der Waals surface area contributed by atoms with Crippen LogP contribution in [0.4, 0.5) is 0 Å². The van der Waals surface area contributed by atoms with Crippen molar-refractivity contribution in [2.45, 2.75) is 18.9 Å². The van der Waals surface area contributed by atoms with Gasteiger partial charge in [-0.2, -0.15) is 0 Å². The third kappa shape index (κ3) is 3.44. The largest absolute Gasteiger partial charge is 0.493 e. The molecule has 2 aromatic carbocycles. The van der Waals surface area contributed by atoms with E-state index in [0.29, 0.717) is 0 Å². The van der Waals surface area contributed by atoms with Crippen LogP contribution in [-0.4, -0.2) is 46.9 Å². The monoisotopic (exact) mass is 357 g/mol. The van der Waals surface area contributed by atoms with Gasteiger partial charge in [0.15, 0.2) is 23.0 Å². The molecule has 0 N–H and O–H groups in total. The molecule has 0 saturated heterocycles. The van der Waals surface area contributed by atoms with E-state index in [0.717, 1.165) is 42.4 Å². The SMILES string of the molecule is COc1ccc([C@@H]2Cc3cc(OC)c(OC)cc3CCN2C)cc1OC. The third-order valence-corrected chi connectivity index (χ3v) is 5.18. The Morgan fingerprint density at radius 1 is 0.769 bits per heavy atom. The quantitative estimate of drug-likeness (QED) is 0.819. The van der Waals surface area contributed by atoms with E-state index in [-0.39, 0.29) is 6.04 Å². The van der Waals surface area contributed by atoms with E-state index in [4.69, 9.17) is 18.9 Å². The predicted octanol–water partition coefficient (Wildman–Crippen LogP) is 3.49. The molecule has 0 aliphatic carbocycles. The van der Waals surface area contributed by atoms with E-state index in [9.17, 15) is 0 Å². The summed E-state index contributed by atoms with van der Waals surface area (Å²) < 4.78 is 21.8. The maximum atomic E-state index is 5.50. The maximum Gasteiger partial charge on any atom is 0.161 e. The van der Waals surface area contributed by atoms with Gasteiger partial charge < -0.3 is 18.9 Å². The highest BCUT2D eigenvalue weighted by Crippen LogP contribution is 2.38. The Kier molecular flexibility index (Phi) is 5.57. The van der Waals surface area contributed by atoms with Crippen LogP contribution >= 0.6 is 0 Å². The normalized spacial score (nSPS) is 17.2. The zero-order valence-corrected chi connectivity index (χ0v) is 16.2. The fourth-order valence-corrected chi connectivity index (χ4v) is 3.64. The van der Waals surface area contributed by atoms with Crippen molar-refractivity contribution in [1.29, 1.82) is 0 Å². The summed E-state index contributed by atoms with van der Waals surface area (Å²) in [6.07, 6.45) is 1.89. The van der Waals surface area contributed by atoms with Gasteiger partial charge in [-0.1, -0.05) is 6.07 Å². The molecule has 2 aromatic rings. The summed E-state index contributed by atoms with van der Waals surface area (Å²) in [6, 6.07) is 10.6. The average molecular weight is 357 g/mol. The van der Waals surface area contributed by atoms with Gasteiger partial charge in [0.25, 0.3) is 0 Å². The van der Waals surface area contributed by atoms with Crippen molar-refractivity contribution in [3.63, 3.8) is 0 Å². The molecule has 3 rings (SSSR count). The van der Waals surface area contributed by atoms with E-state index in [1.807, 2.05) is 6.07 Å². The van der Waals surface area contributed by atoms with Gasteiger partial charge in [0.05, 0.1) is 28.4 Å². The summed E-state index contributed by atoms with van der Waals surface area (Å²) in [6.45, 7) is 0.974. The summed E-state index contributed by atoms with van der Waals surface area (Å²) in [5.74, 6) is 3.08. The van der Waals surface area contributed by atoms with Crippen LogP contribution in [0, 0.1) is 0 Å². The summed E-state index contributed by atoms with van der Waals surface area (Å²) in [5.41, 5.74) is 3.83. The van der Waals surface area contributed by atoms with Crippen LogP contribution in [0.5, 0.6) is 23.0 Å². The molecule has 0 radical (unpaired) electrons. The van der Waals surface area contributed by atoms with E-state index < -0.39 is 0 Å². The topological polar surface area (TPSA) is 40.2 Å². The van der Waals surface area contributed by atoms with Gasteiger partial charge in [-0.25, -0.2) is 0 Å². The van der Waals surface area contributed by atoms with Crippen LogP contribution in [-0.2, 0) is 12.8 Å². The van der Waals surface area contributed by atoms with Gasteiger partial charge >= 0.3 is 0 Å². The lowest BCUT2D eigenvalue weighted by molar-refractivity contribution is 0.253. The van der Waals surface area contributed by atoms with Crippen molar-refractivity contribution in [1.82, 2.24) is 4.90 Å². The molecule has 1 heterocycles. The number of hydrogen-bond acceptors (Lipinski definition) is 5. The lowest BCUT2D eigenvalue weighted by Crippen LogP contribution is -2.26. The first kappa shape index (κ1) is 18.4. The van der Waals surface area contributed by atoms with E-state index >= 15 is 0 Å². The summed E-state index contributed by atoms with van der Waals surface area (Å²) >= 11 is 0. The highest BCUT2D eigenvalue weighted by atomic mass is 16.5. The zero-order chi connectivity index (χ0) is 18.7. The molecule has 0 bridgehead atoms. The number of likely N-dealkylation sites (N-methyl/N-ethyl adjacent to an activating group) is 1. The van der Waals surface area contributed by atoms with Crippen molar-refractivity contribution < 1.29 is 18.9 Å². The molecule has 1 aliphatic heterocycles. The molecule has 0 fully saturated rings. The van der Waals surface area contributed by atoms with Gasteiger partial charge in [-0.15, -0.1) is 0 Å². The Hall–Kier alpha value is -2.40. The number of nitrogens with zero attached hydrogens (tertiary/aromatic N) is 1. The van der Waals surface area contributed by atoms with Gasteiger partial charge in [0.1, 0.15) is 0 Å². The van der Waals surface area contributed by atoms with Crippen molar-refractivity contribution >= 4 is 0 Å². The van der Waals surface area contributed by atoms with E-state index in [1.54, 1.807) is 28.4 Å². The molecule has 5 nitrogen and oxygen atoms in total. The lowest BCUT2D eigenvalue weighted by Gasteiger charge is -2.27. The highest BCUT2D eigenvalue weighted by Gasteiger charge is 2.25. The van der Waals surface area contributed by atoms with Gasteiger partial charge in [-0.05, 0) is 60.8 Å². The van der Waals surface area contributed by atoms with E-state index in [2.05, 4.69) is 36.2 Å². The van der Waals surface area contributed by atoms with Crippen LogP contribution in [0.1, 0.15) is 22.7 Å².